The molecule has 2 heterocycles. The van der Waals surface area contributed by atoms with Gasteiger partial charge in [-0.3, -0.25) is 14.6 Å². The molecular weight excluding hydrogens is 310 g/mol. The first-order valence-electron chi connectivity index (χ1n) is 7.78. The van der Waals surface area contributed by atoms with Gasteiger partial charge in [0.15, 0.2) is 5.11 Å². The number of thiocarbonyl (C=S) groups is 1. The van der Waals surface area contributed by atoms with Crippen LogP contribution in [0.4, 0.5) is 0 Å². The Morgan fingerprint density at radius 3 is 2.70 bits per heavy atom. The Hall–Kier alpha value is -1.92. The highest BCUT2D eigenvalue weighted by Crippen LogP contribution is 2.25. The van der Waals surface area contributed by atoms with E-state index in [1.165, 1.54) is 17.7 Å². The predicted octanol–water partition coefficient (Wildman–Crippen LogP) is 1.98. The minimum absolute atomic E-state index is 0.105. The first kappa shape index (κ1) is 16.0. The number of amides is 1. The summed E-state index contributed by atoms with van der Waals surface area (Å²) in [6, 6.07) is 6.00. The van der Waals surface area contributed by atoms with E-state index in [1.807, 2.05) is 18.2 Å². The van der Waals surface area contributed by atoms with Crippen molar-refractivity contribution in [3.05, 3.63) is 35.0 Å². The molecule has 6 heteroatoms. The van der Waals surface area contributed by atoms with Crippen LogP contribution in [0.1, 0.15) is 24.0 Å². The molecule has 3 rings (SSSR count). The van der Waals surface area contributed by atoms with Crippen LogP contribution in [0.2, 0.25) is 0 Å². The normalized spacial score (nSPS) is 20.4. The lowest BCUT2D eigenvalue weighted by Crippen LogP contribution is -2.25. The van der Waals surface area contributed by atoms with Crippen molar-refractivity contribution in [2.75, 3.05) is 27.2 Å². The lowest BCUT2D eigenvalue weighted by molar-refractivity contribution is -0.121. The quantitative estimate of drug-likeness (QED) is 0.675. The number of nitrogens with one attached hydrogen (secondary N) is 1. The fraction of sp³-hybridized carbons (Fsp3) is 0.412. The Labute approximate surface area is 141 Å². The van der Waals surface area contributed by atoms with Crippen molar-refractivity contribution in [3.8, 4) is 5.75 Å². The van der Waals surface area contributed by atoms with Crippen molar-refractivity contribution in [1.29, 1.82) is 0 Å². The smallest absolute Gasteiger partial charge is 0.276 e. The minimum atomic E-state index is -0.105. The van der Waals surface area contributed by atoms with Gasteiger partial charge in [-0.1, -0.05) is 6.07 Å². The van der Waals surface area contributed by atoms with E-state index in [2.05, 4.69) is 16.3 Å². The molecule has 122 valence electrons. The summed E-state index contributed by atoms with van der Waals surface area (Å²) in [5.74, 6) is 0.782. The molecule has 5 nitrogen and oxygen atoms in total. The maximum atomic E-state index is 12.1. The molecule has 0 atom stereocenters. The molecule has 1 aromatic carbocycles. The van der Waals surface area contributed by atoms with Gasteiger partial charge in [0, 0.05) is 19.2 Å². The maximum absolute atomic E-state index is 12.1. The van der Waals surface area contributed by atoms with Gasteiger partial charge < -0.3 is 10.1 Å². The number of carbonyl (C=O) groups excluding carboxylic acids is 1. The van der Waals surface area contributed by atoms with Crippen molar-refractivity contribution < 1.29 is 9.53 Å². The molecule has 0 bridgehead atoms. The van der Waals surface area contributed by atoms with Crippen LogP contribution < -0.4 is 10.1 Å². The number of rotatable bonds is 4. The van der Waals surface area contributed by atoms with Crippen LogP contribution in [-0.2, 0) is 11.3 Å². The third-order valence-corrected chi connectivity index (χ3v) is 4.67. The molecule has 23 heavy (non-hydrogen) atoms. The van der Waals surface area contributed by atoms with Gasteiger partial charge in [-0.05, 0) is 61.9 Å². The van der Waals surface area contributed by atoms with Crippen LogP contribution in [-0.4, -0.2) is 48.1 Å². The summed E-state index contributed by atoms with van der Waals surface area (Å²) >= 11 is 5.10. The van der Waals surface area contributed by atoms with E-state index < -0.39 is 0 Å². The van der Waals surface area contributed by atoms with Crippen molar-refractivity contribution in [2.24, 2.45) is 0 Å². The molecule has 0 aliphatic carbocycles. The van der Waals surface area contributed by atoms with Gasteiger partial charge in [-0.25, -0.2) is 0 Å². The number of methoxy groups -OCH3 is 1. The van der Waals surface area contributed by atoms with E-state index in [9.17, 15) is 4.79 Å². The second-order valence-corrected chi connectivity index (χ2v) is 6.29. The van der Waals surface area contributed by atoms with Gasteiger partial charge in [-0.2, -0.15) is 0 Å². The zero-order chi connectivity index (χ0) is 16.4. The largest absolute Gasteiger partial charge is 0.496 e. The van der Waals surface area contributed by atoms with Crippen LogP contribution in [0, 0.1) is 0 Å². The summed E-state index contributed by atoms with van der Waals surface area (Å²) in [4.78, 5) is 15.9. The second kappa shape index (κ2) is 6.68. The molecule has 0 aromatic heterocycles. The fourth-order valence-corrected chi connectivity index (χ4v) is 3.18. The lowest BCUT2D eigenvalue weighted by atomic mass is 10.1. The van der Waals surface area contributed by atoms with Crippen LogP contribution >= 0.6 is 12.2 Å². The number of hydrogen-bond acceptors (Lipinski definition) is 4. The SMILES string of the molecule is COc1ccc(/C=C2/NC(=S)N(C)C2=O)cc1CN1CCCC1. The summed E-state index contributed by atoms with van der Waals surface area (Å²) in [6.07, 6.45) is 4.35. The molecule has 0 spiro atoms. The molecule has 2 aliphatic rings. The van der Waals surface area contributed by atoms with Crippen molar-refractivity contribution in [2.45, 2.75) is 19.4 Å². The summed E-state index contributed by atoms with van der Waals surface area (Å²) in [6.45, 7) is 3.14. The molecule has 0 unspecified atom stereocenters. The highest BCUT2D eigenvalue weighted by atomic mass is 32.1. The van der Waals surface area contributed by atoms with Gasteiger partial charge in [0.1, 0.15) is 11.4 Å². The molecule has 2 fully saturated rings. The topological polar surface area (TPSA) is 44.8 Å². The number of ether oxygens (including phenoxy) is 1. The Balaban J connectivity index is 1.85. The summed E-state index contributed by atoms with van der Waals surface area (Å²) in [5, 5.41) is 3.39. The Morgan fingerprint density at radius 2 is 2.09 bits per heavy atom. The molecular formula is C17H21N3O2S. The number of likely N-dealkylation sites (tertiary alicyclic amines) is 1. The van der Waals surface area contributed by atoms with Crippen LogP contribution in [0.15, 0.2) is 23.9 Å². The van der Waals surface area contributed by atoms with Crippen molar-refractivity contribution in [3.63, 3.8) is 0 Å². The first-order chi connectivity index (χ1) is 11.1. The molecule has 2 aliphatic heterocycles. The van der Waals surface area contributed by atoms with Gasteiger partial charge in [0.05, 0.1) is 7.11 Å². The van der Waals surface area contributed by atoms with Gasteiger partial charge in [0.25, 0.3) is 5.91 Å². The highest BCUT2D eigenvalue weighted by molar-refractivity contribution is 7.80. The third-order valence-electron chi connectivity index (χ3n) is 4.29. The Bertz CT molecular complexity index is 666. The zero-order valence-corrected chi connectivity index (χ0v) is 14.3. The Morgan fingerprint density at radius 1 is 1.35 bits per heavy atom. The van der Waals surface area contributed by atoms with Gasteiger partial charge >= 0.3 is 0 Å². The van der Waals surface area contributed by atoms with Crippen LogP contribution in [0.3, 0.4) is 0 Å². The van der Waals surface area contributed by atoms with E-state index in [0.717, 1.165) is 36.5 Å². The summed E-state index contributed by atoms with van der Waals surface area (Å²) in [7, 11) is 3.36. The number of nitrogens with zero attached hydrogens (tertiary/aromatic N) is 2. The van der Waals surface area contributed by atoms with Crippen molar-refractivity contribution in [1.82, 2.24) is 15.1 Å². The summed E-state index contributed by atoms with van der Waals surface area (Å²) in [5.41, 5.74) is 2.62. The fourth-order valence-electron chi connectivity index (χ4n) is 2.98. The third kappa shape index (κ3) is 3.38. The zero-order valence-electron chi connectivity index (χ0n) is 13.5. The van der Waals surface area contributed by atoms with Crippen LogP contribution in [0.5, 0.6) is 5.75 Å². The molecule has 0 radical (unpaired) electrons. The average Bonchev–Trinajstić information content (AvgIpc) is 3.13. The predicted molar refractivity (Wildman–Crippen MR) is 94.0 cm³/mol. The molecule has 0 saturated carbocycles. The monoisotopic (exact) mass is 331 g/mol. The van der Waals surface area contributed by atoms with E-state index in [0.29, 0.717) is 10.8 Å². The number of carbonyl (C=O) groups is 1. The molecule has 1 N–H and O–H groups in total. The van der Waals surface area contributed by atoms with Gasteiger partial charge in [0.2, 0.25) is 0 Å². The number of likely N-dealkylation sites (N-methyl/N-ethyl adjacent to an activating group) is 1. The van der Waals surface area contributed by atoms with E-state index in [4.69, 9.17) is 17.0 Å². The van der Waals surface area contributed by atoms with E-state index in [-0.39, 0.29) is 5.91 Å². The van der Waals surface area contributed by atoms with Gasteiger partial charge in [-0.15, -0.1) is 0 Å². The van der Waals surface area contributed by atoms with Crippen molar-refractivity contribution >= 4 is 29.3 Å². The second-order valence-electron chi connectivity index (χ2n) is 5.91. The first-order valence-corrected chi connectivity index (χ1v) is 8.19. The standard InChI is InChI=1S/C17H21N3O2S/c1-19-16(21)14(18-17(19)23)10-12-5-6-15(22-2)13(9-12)11-20-7-3-4-8-20/h5-6,9-10H,3-4,7-8,11H2,1-2H3,(H,18,23)/b14-10+. The highest BCUT2D eigenvalue weighted by Gasteiger charge is 2.27. The molecule has 1 aromatic rings. The minimum Gasteiger partial charge on any atom is -0.496 e. The lowest BCUT2D eigenvalue weighted by Gasteiger charge is -2.17. The average molecular weight is 331 g/mol. The number of benzene rings is 1. The Kier molecular flexibility index (Phi) is 4.63. The molecule has 1 amide bonds. The van der Waals surface area contributed by atoms with E-state index in [1.54, 1.807) is 14.2 Å². The maximum Gasteiger partial charge on any atom is 0.276 e. The van der Waals surface area contributed by atoms with Crippen LogP contribution in [0.25, 0.3) is 6.08 Å². The summed E-state index contributed by atoms with van der Waals surface area (Å²) < 4.78 is 5.48. The molecule has 2 saturated heterocycles. The van der Waals surface area contributed by atoms with E-state index >= 15 is 0 Å². The number of hydrogen-bond donors (Lipinski definition) is 1.